The van der Waals surface area contributed by atoms with Gasteiger partial charge in [-0.15, -0.1) is 0 Å². The number of para-hydroxylation sites is 1. The van der Waals surface area contributed by atoms with E-state index in [1.165, 1.54) is 32.1 Å². The fraction of sp³-hybridized carbons (Fsp3) is 0.450. The van der Waals surface area contributed by atoms with E-state index in [0.29, 0.717) is 0 Å². The summed E-state index contributed by atoms with van der Waals surface area (Å²) in [5.41, 5.74) is 2.16. The average Bonchev–Trinajstić information content (AvgIpc) is 2.54. The summed E-state index contributed by atoms with van der Waals surface area (Å²) in [5, 5.41) is 0.807. The molecule has 2 aromatic rings. The van der Waals surface area contributed by atoms with Crippen molar-refractivity contribution in [3.05, 3.63) is 52.3 Å². The van der Waals surface area contributed by atoms with Crippen molar-refractivity contribution in [1.29, 1.82) is 0 Å². The van der Waals surface area contributed by atoms with E-state index in [1.807, 2.05) is 24.3 Å². The number of aromatic nitrogens is 1. The van der Waals surface area contributed by atoms with Crippen LogP contribution in [-0.2, 0) is 6.54 Å². The Hall–Kier alpha value is -1.83. The van der Waals surface area contributed by atoms with Crippen molar-refractivity contribution in [3.63, 3.8) is 0 Å². The standard InChI is InChI=1S/C20H27NO/c1-3-5-6-7-8-9-10-13-17-16-20(22)18-14-11-12-15-19(18)21(17)4-2/h10-16H,3-9H2,1-2H3/b13-10+. The molecule has 1 aromatic heterocycles. The third-order valence-electron chi connectivity index (χ3n) is 4.13. The van der Waals surface area contributed by atoms with Gasteiger partial charge in [-0.05, 0) is 38.0 Å². The molecule has 0 radical (unpaired) electrons. The van der Waals surface area contributed by atoms with Crippen LogP contribution in [0.2, 0.25) is 0 Å². The van der Waals surface area contributed by atoms with Crippen LogP contribution in [-0.4, -0.2) is 4.57 Å². The van der Waals surface area contributed by atoms with Crippen molar-refractivity contribution in [2.24, 2.45) is 0 Å². The number of rotatable bonds is 8. The van der Waals surface area contributed by atoms with Crippen LogP contribution >= 0.6 is 0 Å². The lowest BCUT2D eigenvalue weighted by Gasteiger charge is -2.12. The van der Waals surface area contributed by atoms with E-state index in [4.69, 9.17) is 0 Å². The minimum atomic E-state index is 0.114. The van der Waals surface area contributed by atoms with Gasteiger partial charge in [-0.3, -0.25) is 4.79 Å². The van der Waals surface area contributed by atoms with Crippen LogP contribution in [0.1, 0.15) is 58.1 Å². The Bertz CT molecular complexity index is 682. The maximum absolute atomic E-state index is 12.2. The van der Waals surface area contributed by atoms with Crippen molar-refractivity contribution in [1.82, 2.24) is 4.57 Å². The highest BCUT2D eigenvalue weighted by Crippen LogP contribution is 2.15. The number of hydrogen-bond donors (Lipinski definition) is 0. The molecule has 1 heterocycles. The lowest BCUT2D eigenvalue weighted by molar-refractivity contribution is 0.638. The highest BCUT2D eigenvalue weighted by Gasteiger charge is 2.05. The fourth-order valence-electron chi connectivity index (χ4n) is 2.91. The summed E-state index contributed by atoms with van der Waals surface area (Å²) in [4.78, 5) is 12.2. The molecule has 0 saturated carbocycles. The van der Waals surface area contributed by atoms with Gasteiger partial charge in [-0.1, -0.05) is 50.8 Å². The summed E-state index contributed by atoms with van der Waals surface area (Å²) < 4.78 is 2.21. The Morgan fingerprint density at radius 3 is 2.59 bits per heavy atom. The molecule has 0 amide bonds. The van der Waals surface area contributed by atoms with E-state index < -0.39 is 0 Å². The SMILES string of the molecule is CCCCCCC/C=C/c1cc(=O)c2ccccc2n1CC. The molecular formula is C20H27NO. The van der Waals surface area contributed by atoms with Crippen molar-refractivity contribution in [3.8, 4) is 0 Å². The molecule has 0 atom stereocenters. The summed E-state index contributed by atoms with van der Waals surface area (Å²) in [7, 11) is 0. The van der Waals surface area contributed by atoms with Gasteiger partial charge < -0.3 is 4.57 Å². The van der Waals surface area contributed by atoms with Crippen LogP contribution < -0.4 is 5.43 Å². The van der Waals surface area contributed by atoms with Gasteiger partial charge in [0.05, 0.1) is 5.52 Å². The molecule has 0 spiro atoms. The number of allylic oxidation sites excluding steroid dienone is 1. The van der Waals surface area contributed by atoms with Gasteiger partial charge in [-0.2, -0.15) is 0 Å². The topological polar surface area (TPSA) is 22.0 Å². The van der Waals surface area contributed by atoms with Crippen LogP contribution in [0.5, 0.6) is 0 Å². The van der Waals surface area contributed by atoms with Crippen molar-refractivity contribution in [2.45, 2.75) is 58.9 Å². The molecule has 0 aliphatic rings. The first-order valence-electron chi connectivity index (χ1n) is 8.57. The number of hydrogen-bond acceptors (Lipinski definition) is 1. The zero-order valence-corrected chi connectivity index (χ0v) is 13.8. The number of fused-ring (bicyclic) bond motifs is 1. The molecule has 0 N–H and O–H groups in total. The van der Waals surface area contributed by atoms with Gasteiger partial charge in [0.25, 0.3) is 0 Å². The lowest BCUT2D eigenvalue weighted by atomic mass is 10.1. The molecule has 0 unspecified atom stereocenters. The fourth-order valence-corrected chi connectivity index (χ4v) is 2.91. The zero-order chi connectivity index (χ0) is 15.8. The number of unbranched alkanes of at least 4 members (excludes halogenated alkanes) is 5. The van der Waals surface area contributed by atoms with E-state index in [1.54, 1.807) is 6.07 Å². The second-order valence-electron chi connectivity index (χ2n) is 5.80. The third-order valence-corrected chi connectivity index (χ3v) is 4.13. The second kappa shape index (κ2) is 8.57. The Morgan fingerprint density at radius 2 is 1.82 bits per heavy atom. The third kappa shape index (κ3) is 4.09. The number of nitrogens with zero attached hydrogens (tertiary/aromatic N) is 1. The Labute approximate surface area is 133 Å². The highest BCUT2D eigenvalue weighted by atomic mass is 16.1. The molecule has 0 fully saturated rings. The monoisotopic (exact) mass is 297 g/mol. The van der Waals surface area contributed by atoms with Crippen molar-refractivity contribution in [2.75, 3.05) is 0 Å². The molecule has 2 rings (SSSR count). The minimum absolute atomic E-state index is 0.114. The van der Waals surface area contributed by atoms with Crippen LogP contribution in [0, 0.1) is 0 Å². The molecule has 22 heavy (non-hydrogen) atoms. The number of aryl methyl sites for hydroxylation is 1. The van der Waals surface area contributed by atoms with E-state index >= 15 is 0 Å². The molecule has 1 aromatic carbocycles. The molecule has 0 aliphatic carbocycles. The maximum Gasteiger partial charge on any atom is 0.190 e. The van der Waals surface area contributed by atoms with Gasteiger partial charge >= 0.3 is 0 Å². The summed E-state index contributed by atoms with van der Waals surface area (Å²) in [6.07, 6.45) is 11.9. The van der Waals surface area contributed by atoms with Crippen LogP contribution in [0.25, 0.3) is 17.0 Å². The van der Waals surface area contributed by atoms with E-state index in [0.717, 1.165) is 29.6 Å². The predicted octanol–water partition coefficient (Wildman–Crippen LogP) is 5.40. The number of benzene rings is 1. The Kier molecular flexibility index (Phi) is 6.45. The molecule has 2 nitrogen and oxygen atoms in total. The molecular weight excluding hydrogens is 270 g/mol. The van der Waals surface area contributed by atoms with E-state index in [2.05, 4.69) is 30.6 Å². The van der Waals surface area contributed by atoms with Crippen LogP contribution in [0.3, 0.4) is 0 Å². The largest absolute Gasteiger partial charge is 0.341 e. The molecule has 0 saturated heterocycles. The molecule has 118 valence electrons. The minimum Gasteiger partial charge on any atom is -0.341 e. The summed E-state index contributed by atoms with van der Waals surface area (Å²) in [6.45, 7) is 5.24. The second-order valence-corrected chi connectivity index (χ2v) is 5.80. The summed E-state index contributed by atoms with van der Waals surface area (Å²) >= 11 is 0. The molecule has 0 aliphatic heterocycles. The van der Waals surface area contributed by atoms with Crippen LogP contribution in [0.4, 0.5) is 0 Å². The van der Waals surface area contributed by atoms with E-state index in [-0.39, 0.29) is 5.43 Å². The first-order chi connectivity index (χ1) is 10.8. The molecule has 0 bridgehead atoms. The normalized spacial score (nSPS) is 11.5. The number of pyridine rings is 1. The van der Waals surface area contributed by atoms with Crippen molar-refractivity contribution >= 4 is 17.0 Å². The summed E-state index contributed by atoms with van der Waals surface area (Å²) in [5.74, 6) is 0. The Morgan fingerprint density at radius 1 is 1.05 bits per heavy atom. The van der Waals surface area contributed by atoms with Gasteiger partial charge in [0.2, 0.25) is 0 Å². The average molecular weight is 297 g/mol. The van der Waals surface area contributed by atoms with E-state index in [9.17, 15) is 4.79 Å². The van der Waals surface area contributed by atoms with Crippen molar-refractivity contribution < 1.29 is 0 Å². The summed E-state index contributed by atoms with van der Waals surface area (Å²) in [6, 6.07) is 9.62. The van der Waals surface area contributed by atoms with Gasteiger partial charge in [0, 0.05) is 23.7 Å². The lowest BCUT2D eigenvalue weighted by Crippen LogP contribution is -2.11. The van der Waals surface area contributed by atoms with Gasteiger partial charge in [0.1, 0.15) is 0 Å². The smallest absolute Gasteiger partial charge is 0.190 e. The molecule has 2 heteroatoms. The predicted molar refractivity (Wildman–Crippen MR) is 96.3 cm³/mol. The van der Waals surface area contributed by atoms with Crippen LogP contribution in [0.15, 0.2) is 41.2 Å². The van der Waals surface area contributed by atoms with Gasteiger partial charge in [0.15, 0.2) is 5.43 Å². The first-order valence-corrected chi connectivity index (χ1v) is 8.57. The first kappa shape index (κ1) is 16.5. The quantitative estimate of drug-likeness (QED) is 0.598. The Balaban J connectivity index is 2.12. The maximum atomic E-state index is 12.2. The highest BCUT2D eigenvalue weighted by molar-refractivity contribution is 5.80. The zero-order valence-electron chi connectivity index (χ0n) is 13.8. The van der Waals surface area contributed by atoms with Gasteiger partial charge in [-0.25, -0.2) is 0 Å².